The second-order valence-corrected chi connectivity index (χ2v) is 5.68. The second-order valence-electron chi connectivity index (χ2n) is 5.68. The normalized spacial score (nSPS) is 21.0. The van der Waals surface area contributed by atoms with Gasteiger partial charge in [-0.25, -0.2) is 4.79 Å². The molecular weight excluding hydrogens is 268 g/mol. The van der Waals surface area contributed by atoms with Crippen molar-refractivity contribution >= 4 is 5.97 Å². The van der Waals surface area contributed by atoms with E-state index in [0.717, 1.165) is 26.2 Å². The van der Waals surface area contributed by atoms with Crippen molar-refractivity contribution in [2.24, 2.45) is 0 Å². The summed E-state index contributed by atoms with van der Waals surface area (Å²) >= 11 is 0. The summed E-state index contributed by atoms with van der Waals surface area (Å²) in [6, 6.07) is 7.17. The minimum absolute atomic E-state index is 0.261. The Morgan fingerprint density at radius 2 is 2.24 bits per heavy atom. The number of likely N-dealkylation sites (N-methyl/N-ethyl adjacent to an activating group) is 1. The van der Waals surface area contributed by atoms with Gasteiger partial charge in [0.05, 0.1) is 5.56 Å². The number of aromatic carboxylic acids is 1. The van der Waals surface area contributed by atoms with Gasteiger partial charge in [0.15, 0.2) is 0 Å². The Balaban J connectivity index is 1.83. The molecule has 2 rings (SSSR count). The summed E-state index contributed by atoms with van der Waals surface area (Å²) in [5.41, 5.74) is 0.261. The molecule has 1 atom stereocenters. The summed E-state index contributed by atoms with van der Waals surface area (Å²) < 4.78 is 5.70. The van der Waals surface area contributed by atoms with Crippen molar-refractivity contribution in [1.82, 2.24) is 9.80 Å². The third-order valence-corrected chi connectivity index (χ3v) is 3.91. The average molecular weight is 292 g/mol. The van der Waals surface area contributed by atoms with Gasteiger partial charge in [0.25, 0.3) is 0 Å². The molecule has 5 heteroatoms. The van der Waals surface area contributed by atoms with Crippen molar-refractivity contribution in [3.63, 3.8) is 0 Å². The van der Waals surface area contributed by atoms with E-state index < -0.39 is 5.97 Å². The zero-order valence-corrected chi connectivity index (χ0v) is 12.8. The Bertz CT molecular complexity index is 478. The summed E-state index contributed by atoms with van der Waals surface area (Å²) in [6.45, 7) is 7.00. The highest BCUT2D eigenvalue weighted by Gasteiger charge is 2.19. The molecule has 1 saturated heterocycles. The molecule has 1 N–H and O–H groups in total. The summed E-state index contributed by atoms with van der Waals surface area (Å²) in [7, 11) is 2.16. The molecule has 5 nitrogen and oxygen atoms in total. The third-order valence-electron chi connectivity index (χ3n) is 3.91. The van der Waals surface area contributed by atoms with E-state index in [9.17, 15) is 4.79 Å². The zero-order chi connectivity index (χ0) is 15.2. The van der Waals surface area contributed by atoms with Gasteiger partial charge < -0.3 is 14.7 Å². The van der Waals surface area contributed by atoms with Crippen molar-refractivity contribution < 1.29 is 14.6 Å². The first-order chi connectivity index (χ1) is 10.1. The highest BCUT2D eigenvalue weighted by Crippen LogP contribution is 2.14. The summed E-state index contributed by atoms with van der Waals surface area (Å²) in [5, 5.41) is 8.96. The van der Waals surface area contributed by atoms with Gasteiger partial charge in [-0.05, 0) is 51.7 Å². The number of nitrogens with zero attached hydrogens (tertiary/aromatic N) is 2. The molecule has 0 aliphatic carbocycles. The largest absolute Gasteiger partial charge is 0.492 e. The van der Waals surface area contributed by atoms with Crippen molar-refractivity contribution in [2.45, 2.75) is 19.4 Å². The maximum Gasteiger partial charge on any atom is 0.335 e. The molecule has 1 fully saturated rings. The van der Waals surface area contributed by atoms with Crippen LogP contribution in [-0.4, -0.2) is 66.8 Å². The maximum absolute atomic E-state index is 10.9. The van der Waals surface area contributed by atoms with Crippen molar-refractivity contribution in [1.29, 1.82) is 0 Å². The van der Waals surface area contributed by atoms with E-state index in [1.165, 1.54) is 6.42 Å². The van der Waals surface area contributed by atoms with Crippen molar-refractivity contribution in [3.8, 4) is 5.75 Å². The molecule has 0 bridgehead atoms. The van der Waals surface area contributed by atoms with Crippen molar-refractivity contribution in [2.75, 3.05) is 39.8 Å². The van der Waals surface area contributed by atoms with Crippen LogP contribution in [0.4, 0.5) is 0 Å². The molecule has 0 spiro atoms. The first-order valence-corrected chi connectivity index (χ1v) is 7.45. The van der Waals surface area contributed by atoms with Crippen LogP contribution in [0.15, 0.2) is 24.3 Å². The second kappa shape index (κ2) is 7.43. The molecule has 0 amide bonds. The summed E-state index contributed by atoms with van der Waals surface area (Å²) in [5.74, 6) is -0.306. The van der Waals surface area contributed by atoms with E-state index >= 15 is 0 Å². The molecule has 0 aromatic heterocycles. The van der Waals surface area contributed by atoms with Gasteiger partial charge in [-0.2, -0.15) is 0 Å². The van der Waals surface area contributed by atoms with Gasteiger partial charge in [0, 0.05) is 19.1 Å². The highest BCUT2D eigenvalue weighted by atomic mass is 16.5. The van der Waals surface area contributed by atoms with Crippen LogP contribution in [0.3, 0.4) is 0 Å². The van der Waals surface area contributed by atoms with Gasteiger partial charge in [-0.15, -0.1) is 0 Å². The number of carboxylic acids is 1. The monoisotopic (exact) mass is 292 g/mol. The Labute approximate surface area is 126 Å². The number of hydrogen-bond donors (Lipinski definition) is 1. The molecule has 21 heavy (non-hydrogen) atoms. The lowest BCUT2D eigenvalue weighted by Crippen LogP contribution is -2.40. The fraction of sp³-hybridized carbons (Fsp3) is 0.562. The lowest BCUT2D eigenvalue weighted by molar-refractivity contribution is 0.0696. The fourth-order valence-corrected chi connectivity index (χ4v) is 2.75. The van der Waals surface area contributed by atoms with Crippen LogP contribution in [0.25, 0.3) is 0 Å². The number of rotatable bonds is 5. The van der Waals surface area contributed by atoms with Crippen LogP contribution < -0.4 is 4.74 Å². The quantitative estimate of drug-likeness (QED) is 0.896. The average Bonchev–Trinajstić information content (AvgIpc) is 2.60. The molecular formula is C16H24N2O3. The first kappa shape index (κ1) is 15.8. The van der Waals surface area contributed by atoms with Crippen LogP contribution >= 0.6 is 0 Å². The number of hydrogen-bond acceptors (Lipinski definition) is 4. The molecule has 1 aliphatic rings. The Kier molecular flexibility index (Phi) is 5.59. The topological polar surface area (TPSA) is 53.0 Å². The van der Waals surface area contributed by atoms with E-state index in [-0.39, 0.29) is 5.56 Å². The third kappa shape index (κ3) is 4.72. The van der Waals surface area contributed by atoms with Crippen LogP contribution in [0.5, 0.6) is 5.75 Å². The van der Waals surface area contributed by atoms with Crippen LogP contribution in [0, 0.1) is 0 Å². The molecule has 0 saturated carbocycles. The maximum atomic E-state index is 10.9. The van der Waals surface area contributed by atoms with Crippen molar-refractivity contribution in [3.05, 3.63) is 29.8 Å². The van der Waals surface area contributed by atoms with Gasteiger partial charge in [0.2, 0.25) is 0 Å². The predicted molar refractivity (Wildman–Crippen MR) is 82.0 cm³/mol. The summed E-state index contributed by atoms with van der Waals surface area (Å²) in [6.07, 6.45) is 1.18. The number of carboxylic acid groups (broad SMARTS) is 1. The number of benzene rings is 1. The Morgan fingerprint density at radius 1 is 1.43 bits per heavy atom. The van der Waals surface area contributed by atoms with Crippen LogP contribution in [0.1, 0.15) is 23.7 Å². The summed E-state index contributed by atoms with van der Waals surface area (Å²) in [4.78, 5) is 15.7. The van der Waals surface area contributed by atoms with E-state index in [1.54, 1.807) is 24.3 Å². The first-order valence-electron chi connectivity index (χ1n) is 7.45. The predicted octanol–water partition coefficient (Wildman–Crippen LogP) is 1.79. The molecule has 1 unspecified atom stereocenters. The highest BCUT2D eigenvalue weighted by molar-refractivity contribution is 5.87. The number of ether oxygens (including phenoxy) is 1. The Hall–Kier alpha value is -1.59. The standard InChI is InChI=1S/C16H24N2O3/c1-13-12-17(2)7-4-8-18(13)9-10-21-15-6-3-5-14(11-15)16(19)20/h3,5-6,11,13H,4,7-10,12H2,1-2H3,(H,19,20). The lowest BCUT2D eigenvalue weighted by atomic mass is 10.2. The van der Waals surface area contributed by atoms with Crippen LogP contribution in [0.2, 0.25) is 0 Å². The zero-order valence-electron chi connectivity index (χ0n) is 12.8. The van der Waals surface area contributed by atoms with Crippen LogP contribution in [-0.2, 0) is 0 Å². The van der Waals surface area contributed by atoms with Gasteiger partial charge in [-0.1, -0.05) is 6.07 Å². The van der Waals surface area contributed by atoms with E-state index in [2.05, 4.69) is 23.8 Å². The minimum atomic E-state index is -0.926. The molecule has 0 radical (unpaired) electrons. The Morgan fingerprint density at radius 3 is 3.00 bits per heavy atom. The molecule has 1 aromatic rings. The number of carbonyl (C=O) groups is 1. The molecule has 1 aromatic carbocycles. The SMILES string of the molecule is CC1CN(C)CCCN1CCOc1cccc(C(=O)O)c1. The van der Waals surface area contributed by atoms with Gasteiger partial charge >= 0.3 is 5.97 Å². The van der Waals surface area contributed by atoms with E-state index in [1.807, 2.05) is 0 Å². The molecule has 1 heterocycles. The smallest absolute Gasteiger partial charge is 0.335 e. The van der Waals surface area contributed by atoms with Gasteiger partial charge in [-0.3, -0.25) is 4.90 Å². The fourth-order valence-electron chi connectivity index (χ4n) is 2.75. The van der Waals surface area contributed by atoms with Gasteiger partial charge in [0.1, 0.15) is 12.4 Å². The molecule has 116 valence electrons. The molecule has 1 aliphatic heterocycles. The minimum Gasteiger partial charge on any atom is -0.492 e. The lowest BCUT2D eigenvalue weighted by Gasteiger charge is -2.27. The van der Waals surface area contributed by atoms with E-state index in [4.69, 9.17) is 9.84 Å². The van der Waals surface area contributed by atoms with E-state index in [0.29, 0.717) is 18.4 Å².